The van der Waals surface area contributed by atoms with Crippen molar-refractivity contribution in [2.75, 3.05) is 19.7 Å². The summed E-state index contributed by atoms with van der Waals surface area (Å²) in [7, 11) is 0. The summed E-state index contributed by atoms with van der Waals surface area (Å²) in [6.45, 7) is 7.72. The molecular formula is C19H24ClN3O. The first kappa shape index (κ1) is 17.2. The Morgan fingerprint density at radius 3 is 2.58 bits per heavy atom. The first-order chi connectivity index (χ1) is 11.6. The Morgan fingerprint density at radius 2 is 1.96 bits per heavy atom. The molecule has 0 atom stereocenters. The standard InChI is InChI=1S/C19H24ClN3O/c1-14-19(15(2)23(21-14)11-12-24)13-22-9-7-17(8-10-22)16-3-5-18(20)6-4-16/h3-7,24H,8-13H2,1-2H3. The van der Waals surface area contributed by atoms with Crippen LogP contribution < -0.4 is 0 Å². The van der Waals surface area contributed by atoms with E-state index in [1.165, 1.54) is 16.7 Å². The van der Waals surface area contributed by atoms with Gasteiger partial charge in [-0.05, 0) is 43.5 Å². The number of nitrogens with zero attached hydrogens (tertiary/aromatic N) is 3. The lowest BCUT2D eigenvalue weighted by molar-refractivity contribution is 0.267. The molecule has 0 aliphatic carbocycles. The first-order valence-electron chi connectivity index (χ1n) is 8.39. The van der Waals surface area contributed by atoms with Gasteiger partial charge in [0.25, 0.3) is 0 Å². The Kier molecular flexibility index (Phi) is 5.39. The number of benzene rings is 1. The largest absolute Gasteiger partial charge is 0.394 e. The van der Waals surface area contributed by atoms with Crippen LogP contribution in [0, 0.1) is 13.8 Å². The number of rotatable bonds is 5. The van der Waals surface area contributed by atoms with Crippen molar-refractivity contribution in [3.05, 3.63) is 57.9 Å². The zero-order chi connectivity index (χ0) is 17.1. The smallest absolute Gasteiger partial charge is 0.0644 e. The van der Waals surface area contributed by atoms with Crippen molar-refractivity contribution in [2.45, 2.75) is 33.4 Å². The van der Waals surface area contributed by atoms with Gasteiger partial charge in [0.2, 0.25) is 0 Å². The molecule has 2 heterocycles. The number of hydrogen-bond donors (Lipinski definition) is 1. The predicted molar refractivity (Wildman–Crippen MR) is 98.1 cm³/mol. The quantitative estimate of drug-likeness (QED) is 0.902. The van der Waals surface area contributed by atoms with Gasteiger partial charge in [0.1, 0.15) is 0 Å². The van der Waals surface area contributed by atoms with Crippen LogP contribution in [-0.2, 0) is 13.1 Å². The number of halogens is 1. The van der Waals surface area contributed by atoms with Crippen LogP contribution in [0.2, 0.25) is 5.02 Å². The summed E-state index contributed by atoms with van der Waals surface area (Å²) >= 11 is 5.97. The van der Waals surface area contributed by atoms with Crippen molar-refractivity contribution in [1.29, 1.82) is 0 Å². The summed E-state index contributed by atoms with van der Waals surface area (Å²) < 4.78 is 1.91. The van der Waals surface area contributed by atoms with Gasteiger partial charge >= 0.3 is 0 Å². The fourth-order valence-corrected chi connectivity index (χ4v) is 3.41. The minimum atomic E-state index is 0.123. The van der Waals surface area contributed by atoms with Gasteiger partial charge in [-0.1, -0.05) is 29.8 Å². The fraction of sp³-hybridized carbons (Fsp3) is 0.421. The fourth-order valence-electron chi connectivity index (χ4n) is 3.28. The van der Waals surface area contributed by atoms with Gasteiger partial charge in [0.05, 0.1) is 18.8 Å². The maximum atomic E-state index is 9.13. The third-order valence-corrected chi connectivity index (χ3v) is 4.99. The van der Waals surface area contributed by atoms with E-state index in [9.17, 15) is 0 Å². The number of aliphatic hydroxyl groups is 1. The van der Waals surface area contributed by atoms with E-state index in [0.717, 1.165) is 42.5 Å². The van der Waals surface area contributed by atoms with Crippen LogP contribution in [0.5, 0.6) is 0 Å². The van der Waals surface area contributed by atoms with E-state index in [-0.39, 0.29) is 6.61 Å². The second-order valence-electron chi connectivity index (χ2n) is 6.32. The van der Waals surface area contributed by atoms with E-state index in [1.807, 2.05) is 16.8 Å². The Bertz CT molecular complexity index is 734. The topological polar surface area (TPSA) is 41.3 Å². The molecule has 0 bridgehead atoms. The molecule has 1 aromatic heterocycles. The maximum absolute atomic E-state index is 9.13. The molecule has 24 heavy (non-hydrogen) atoms. The van der Waals surface area contributed by atoms with E-state index < -0.39 is 0 Å². The molecule has 1 N–H and O–H groups in total. The molecule has 5 heteroatoms. The third kappa shape index (κ3) is 3.72. The third-order valence-electron chi connectivity index (χ3n) is 4.73. The Balaban J connectivity index is 1.68. The lowest BCUT2D eigenvalue weighted by atomic mass is 9.99. The number of aliphatic hydroxyl groups excluding tert-OH is 1. The van der Waals surface area contributed by atoms with Crippen LogP contribution in [0.3, 0.4) is 0 Å². The molecule has 0 amide bonds. The lowest BCUT2D eigenvalue weighted by Crippen LogP contribution is -2.28. The number of hydrogen-bond acceptors (Lipinski definition) is 3. The van der Waals surface area contributed by atoms with Crippen molar-refractivity contribution < 1.29 is 5.11 Å². The molecule has 4 nitrogen and oxygen atoms in total. The molecule has 128 valence electrons. The molecule has 0 radical (unpaired) electrons. The highest BCUT2D eigenvalue weighted by molar-refractivity contribution is 6.30. The van der Waals surface area contributed by atoms with Gasteiger partial charge in [-0.25, -0.2) is 0 Å². The van der Waals surface area contributed by atoms with E-state index in [4.69, 9.17) is 16.7 Å². The zero-order valence-corrected chi connectivity index (χ0v) is 15.1. The minimum absolute atomic E-state index is 0.123. The van der Waals surface area contributed by atoms with Gasteiger partial charge in [0.15, 0.2) is 0 Å². The summed E-state index contributed by atoms with van der Waals surface area (Å²) in [5.41, 5.74) is 6.17. The summed E-state index contributed by atoms with van der Waals surface area (Å²) in [5, 5.41) is 14.5. The molecule has 0 fully saturated rings. The molecule has 1 aliphatic heterocycles. The van der Waals surface area contributed by atoms with Gasteiger partial charge in [0, 0.05) is 35.9 Å². The van der Waals surface area contributed by atoms with Crippen molar-refractivity contribution in [3.8, 4) is 0 Å². The van der Waals surface area contributed by atoms with Gasteiger partial charge < -0.3 is 5.11 Å². The Hall–Kier alpha value is -1.62. The predicted octanol–water partition coefficient (Wildman–Crippen LogP) is 3.43. The first-order valence-corrected chi connectivity index (χ1v) is 8.77. The van der Waals surface area contributed by atoms with Crippen LogP contribution in [-0.4, -0.2) is 39.5 Å². The van der Waals surface area contributed by atoms with E-state index in [1.54, 1.807) is 0 Å². The molecule has 1 aromatic carbocycles. The SMILES string of the molecule is Cc1nn(CCO)c(C)c1CN1CC=C(c2ccc(Cl)cc2)CC1. The second-order valence-corrected chi connectivity index (χ2v) is 6.75. The van der Waals surface area contributed by atoms with Crippen LogP contribution in [0.1, 0.15) is 28.9 Å². The van der Waals surface area contributed by atoms with Crippen molar-refractivity contribution in [3.63, 3.8) is 0 Å². The van der Waals surface area contributed by atoms with Gasteiger partial charge in [-0.2, -0.15) is 5.10 Å². The summed E-state index contributed by atoms with van der Waals surface area (Å²) in [6.07, 6.45) is 3.36. The highest BCUT2D eigenvalue weighted by atomic mass is 35.5. The Morgan fingerprint density at radius 1 is 1.21 bits per heavy atom. The van der Waals surface area contributed by atoms with Crippen molar-refractivity contribution in [1.82, 2.24) is 14.7 Å². The summed E-state index contributed by atoms with van der Waals surface area (Å²) in [5.74, 6) is 0. The van der Waals surface area contributed by atoms with Crippen LogP contribution in [0.25, 0.3) is 5.57 Å². The normalized spacial score (nSPS) is 15.6. The molecule has 2 aromatic rings. The monoisotopic (exact) mass is 345 g/mol. The van der Waals surface area contributed by atoms with Crippen molar-refractivity contribution >= 4 is 17.2 Å². The highest BCUT2D eigenvalue weighted by Gasteiger charge is 2.17. The second kappa shape index (κ2) is 7.51. The molecule has 0 saturated carbocycles. The maximum Gasteiger partial charge on any atom is 0.0644 e. The molecular weight excluding hydrogens is 322 g/mol. The van der Waals surface area contributed by atoms with E-state index in [0.29, 0.717) is 6.54 Å². The summed E-state index contributed by atoms with van der Waals surface area (Å²) in [6, 6.07) is 8.09. The molecule has 1 aliphatic rings. The van der Waals surface area contributed by atoms with Crippen molar-refractivity contribution in [2.24, 2.45) is 0 Å². The average Bonchev–Trinajstić information content (AvgIpc) is 2.84. The minimum Gasteiger partial charge on any atom is -0.394 e. The van der Waals surface area contributed by atoms with Crippen LogP contribution in [0.15, 0.2) is 30.3 Å². The molecule has 0 spiro atoms. The van der Waals surface area contributed by atoms with Crippen LogP contribution >= 0.6 is 11.6 Å². The molecule has 0 saturated heterocycles. The Labute approximate surface area is 148 Å². The summed E-state index contributed by atoms with van der Waals surface area (Å²) in [4.78, 5) is 2.44. The van der Waals surface area contributed by atoms with Gasteiger partial charge in [-0.15, -0.1) is 0 Å². The number of aromatic nitrogens is 2. The number of aryl methyl sites for hydroxylation is 1. The highest BCUT2D eigenvalue weighted by Crippen LogP contribution is 2.25. The van der Waals surface area contributed by atoms with Gasteiger partial charge in [-0.3, -0.25) is 9.58 Å². The molecule has 3 rings (SSSR count). The van der Waals surface area contributed by atoms with E-state index >= 15 is 0 Å². The van der Waals surface area contributed by atoms with Crippen LogP contribution in [0.4, 0.5) is 0 Å². The van der Waals surface area contributed by atoms with E-state index in [2.05, 4.69) is 42.1 Å². The zero-order valence-electron chi connectivity index (χ0n) is 14.3. The lowest BCUT2D eigenvalue weighted by Gasteiger charge is -2.26. The molecule has 0 unspecified atom stereocenters. The average molecular weight is 346 g/mol.